The minimum atomic E-state index is -0.284. The summed E-state index contributed by atoms with van der Waals surface area (Å²) in [6.07, 6.45) is 3.50. The molecule has 186 valence electrons. The zero-order chi connectivity index (χ0) is 24.2. The van der Waals surface area contributed by atoms with Crippen LogP contribution in [0.3, 0.4) is 0 Å². The molecule has 0 bridgehead atoms. The van der Waals surface area contributed by atoms with Crippen molar-refractivity contribution in [2.45, 2.75) is 31.7 Å². The standard InChI is InChI=1S/C26H31ClN4O3S/c27-21-8-2-1-7-20(21)23-17-22(24-9-4-16-35-24)28-31(23)25(32)18-30(26(33)19-5-3-6-19)11-10-29-12-14-34-15-13-29/h1-2,4,7-9,16,19,23H,3,5-6,10-15,17-18H2/t23-/m0/s1. The fraction of sp³-hybridized carbons (Fsp3) is 0.500. The lowest BCUT2D eigenvalue weighted by Crippen LogP contribution is -2.49. The molecule has 5 rings (SSSR count). The molecular weight excluding hydrogens is 484 g/mol. The third-order valence-electron chi connectivity index (χ3n) is 7.12. The smallest absolute Gasteiger partial charge is 0.262 e. The highest BCUT2D eigenvalue weighted by Gasteiger charge is 2.37. The van der Waals surface area contributed by atoms with Crippen LogP contribution < -0.4 is 0 Å². The van der Waals surface area contributed by atoms with Gasteiger partial charge in [0.25, 0.3) is 5.91 Å². The van der Waals surface area contributed by atoms with E-state index in [1.807, 2.05) is 41.8 Å². The fourth-order valence-corrected chi connectivity index (χ4v) is 5.81. The summed E-state index contributed by atoms with van der Waals surface area (Å²) < 4.78 is 5.45. The minimum Gasteiger partial charge on any atom is -0.379 e. The summed E-state index contributed by atoms with van der Waals surface area (Å²) in [5.41, 5.74) is 1.76. The average Bonchev–Trinajstić information content (AvgIpc) is 3.52. The Morgan fingerprint density at radius 3 is 2.63 bits per heavy atom. The molecule has 3 aliphatic rings. The van der Waals surface area contributed by atoms with Gasteiger partial charge in [-0.25, -0.2) is 5.01 Å². The van der Waals surface area contributed by atoms with E-state index in [1.54, 1.807) is 21.2 Å². The van der Waals surface area contributed by atoms with Crippen molar-refractivity contribution in [3.63, 3.8) is 0 Å². The van der Waals surface area contributed by atoms with Crippen molar-refractivity contribution in [3.8, 4) is 0 Å². The van der Waals surface area contributed by atoms with Crippen LogP contribution in [0.5, 0.6) is 0 Å². The number of halogens is 1. The highest BCUT2D eigenvalue weighted by atomic mass is 35.5. The summed E-state index contributed by atoms with van der Waals surface area (Å²) in [5, 5.41) is 8.95. The van der Waals surface area contributed by atoms with Crippen molar-refractivity contribution in [2.24, 2.45) is 11.0 Å². The molecule has 2 aromatic rings. The Balaban J connectivity index is 1.35. The van der Waals surface area contributed by atoms with Crippen LogP contribution in [0, 0.1) is 5.92 Å². The number of carbonyl (C=O) groups is 2. The lowest BCUT2D eigenvalue weighted by Gasteiger charge is -2.34. The molecule has 1 aliphatic carbocycles. The molecule has 9 heteroatoms. The van der Waals surface area contributed by atoms with Crippen molar-refractivity contribution in [1.82, 2.24) is 14.8 Å². The van der Waals surface area contributed by atoms with E-state index < -0.39 is 0 Å². The zero-order valence-electron chi connectivity index (χ0n) is 19.8. The third-order valence-corrected chi connectivity index (χ3v) is 8.38. The number of nitrogens with zero attached hydrogens (tertiary/aromatic N) is 4. The largest absolute Gasteiger partial charge is 0.379 e. The van der Waals surface area contributed by atoms with E-state index in [-0.39, 0.29) is 30.3 Å². The molecule has 0 spiro atoms. The predicted molar refractivity (Wildman–Crippen MR) is 138 cm³/mol. The van der Waals surface area contributed by atoms with Gasteiger partial charge in [0, 0.05) is 43.5 Å². The molecule has 0 unspecified atom stereocenters. The summed E-state index contributed by atoms with van der Waals surface area (Å²) >= 11 is 8.15. The van der Waals surface area contributed by atoms with Crippen LogP contribution >= 0.6 is 22.9 Å². The highest BCUT2D eigenvalue weighted by molar-refractivity contribution is 7.12. The van der Waals surface area contributed by atoms with Gasteiger partial charge in [-0.3, -0.25) is 14.5 Å². The third kappa shape index (κ3) is 5.61. The number of ether oxygens (including phenoxy) is 1. The Morgan fingerprint density at radius 2 is 1.94 bits per heavy atom. The molecule has 1 saturated heterocycles. The summed E-state index contributed by atoms with van der Waals surface area (Å²) in [4.78, 5) is 32.1. The van der Waals surface area contributed by atoms with Gasteiger partial charge in [-0.15, -0.1) is 11.3 Å². The van der Waals surface area contributed by atoms with Crippen molar-refractivity contribution in [3.05, 3.63) is 57.2 Å². The van der Waals surface area contributed by atoms with Gasteiger partial charge in [-0.05, 0) is 35.9 Å². The van der Waals surface area contributed by atoms with Crippen LogP contribution in [0.1, 0.15) is 42.2 Å². The van der Waals surface area contributed by atoms with Crippen LogP contribution in [0.4, 0.5) is 0 Å². The minimum absolute atomic E-state index is 0.0296. The molecule has 0 N–H and O–H groups in total. The van der Waals surface area contributed by atoms with E-state index in [4.69, 9.17) is 21.4 Å². The first-order chi connectivity index (χ1) is 17.1. The summed E-state index contributed by atoms with van der Waals surface area (Å²) in [6.45, 7) is 4.44. The monoisotopic (exact) mass is 514 g/mol. The van der Waals surface area contributed by atoms with Gasteiger partial charge in [0.05, 0.1) is 29.8 Å². The SMILES string of the molecule is O=C(C1CCC1)N(CCN1CCOCC1)CC(=O)N1N=C(c2cccs2)C[C@H]1c1ccccc1Cl. The zero-order valence-corrected chi connectivity index (χ0v) is 21.3. The molecule has 3 heterocycles. The lowest BCUT2D eigenvalue weighted by molar-refractivity contribution is -0.145. The van der Waals surface area contributed by atoms with Crippen molar-refractivity contribution in [1.29, 1.82) is 0 Å². The van der Waals surface area contributed by atoms with E-state index >= 15 is 0 Å². The van der Waals surface area contributed by atoms with Crippen molar-refractivity contribution >= 4 is 40.5 Å². The number of amides is 2. The highest BCUT2D eigenvalue weighted by Crippen LogP contribution is 2.37. The maximum absolute atomic E-state index is 13.7. The van der Waals surface area contributed by atoms with Crippen LogP contribution in [0.15, 0.2) is 46.9 Å². The molecule has 0 radical (unpaired) electrons. The van der Waals surface area contributed by atoms with Crippen molar-refractivity contribution < 1.29 is 14.3 Å². The predicted octanol–water partition coefficient (Wildman–Crippen LogP) is 4.04. The molecule has 2 aliphatic heterocycles. The van der Waals surface area contributed by atoms with Crippen LogP contribution in [0.2, 0.25) is 5.02 Å². The first kappa shape index (κ1) is 24.4. The topological polar surface area (TPSA) is 65.5 Å². The molecular formula is C26H31ClN4O3S. The Hall–Kier alpha value is -2.26. The van der Waals surface area contributed by atoms with Crippen LogP contribution in [0.25, 0.3) is 0 Å². The Kier molecular flexibility index (Phi) is 7.82. The van der Waals surface area contributed by atoms with Gasteiger partial charge in [0.2, 0.25) is 5.91 Å². The molecule has 1 aromatic carbocycles. The second kappa shape index (κ2) is 11.2. The summed E-state index contributed by atoms with van der Waals surface area (Å²) in [7, 11) is 0. The van der Waals surface area contributed by atoms with E-state index in [9.17, 15) is 9.59 Å². The second-order valence-electron chi connectivity index (χ2n) is 9.35. The lowest BCUT2D eigenvalue weighted by atomic mass is 9.84. The van der Waals surface area contributed by atoms with E-state index in [1.165, 1.54) is 0 Å². The number of morpholine rings is 1. The second-order valence-corrected chi connectivity index (χ2v) is 10.7. The molecule has 7 nitrogen and oxygen atoms in total. The summed E-state index contributed by atoms with van der Waals surface area (Å²) in [5.74, 6) is -0.0412. The molecule has 1 atom stereocenters. The quantitative estimate of drug-likeness (QED) is 0.533. The van der Waals surface area contributed by atoms with Crippen LogP contribution in [-0.2, 0) is 14.3 Å². The number of hydrogen-bond acceptors (Lipinski definition) is 6. The van der Waals surface area contributed by atoms with Crippen molar-refractivity contribution in [2.75, 3.05) is 45.9 Å². The molecule has 2 fully saturated rings. The number of thiophene rings is 1. The molecule has 35 heavy (non-hydrogen) atoms. The van der Waals surface area contributed by atoms with Gasteiger partial charge in [0.15, 0.2) is 0 Å². The number of rotatable bonds is 8. The Morgan fingerprint density at radius 1 is 1.14 bits per heavy atom. The van der Waals surface area contributed by atoms with Crippen LogP contribution in [-0.4, -0.2) is 78.3 Å². The molecule has 1 aromatic heterocycles. The normalized spacial score (nSPS) is 21.0. The maximum Gasteiger partial charge on any atom is 0.262 e. The van der Waals surface area contributed by atoms with E-state index in [0.29, 0.717) is 31.2 Å². The number of carbonyl (C=O) groups excluding carboxylic acids is 2. The Bertz CT molecular complexity index is 1070. The van der Waals surface area contributed by atoms with E-state index in [0.717, 1.165) is 55.0 Å². The van der Waals surface area contributed by atoms with Gasteiger partial charge >= 0.3 is 0 Å². The number of benzene rings is 1. The van der Waals surface area contributed by atoms with Gasteiger partial charge in [-0.2, -0.15) is 5.10 Å². The average molecular weight is 515 g/mol. The summed E-state index contributed by atoms with van der Waals surface area (Å²) in [6, 6.07) is 11.3. The van der Waals surface area contributed by atoms with Gasteiger partial charge in [0.1, 0.15) is 6.54 Å². The first-order valence-electron chi connectivity index (χ1n) is 12.4. The van der Waals surface area contributed by atoms with Gasteiger partial charge in [-0.1, -0.05) is 42.3 Å². The Labute approximate surface area is 215 Å². The fourth-order valence-electron chi connectivity index (χ4n) is 4.82. The first-order valence-corrected chi connectivity index (χ1v) is 13.6. The number of hydrazone groups is 1. The van der Waals surface area contributed by atoms with Gasteiger partial charge < -0.3 is 9.64 Å². The maximum atomic E-state index is 13.7. The number of hydrogen-bond donors (Lipinski definition) is 0. The van der Waals surface area contributed by atoms with E-state index in [2.05, 4.69) is 4.90 Å². The molecule has 2 amide bonds. The molecule has 1 saturated carbocycles.